The molecule has 208 valence electrons. The molecule has 8 nitrogen and oxygen atoms in total. The van der Waals surface area contributed by atoms with Crippen molar-refractivity contribution in [3.63, 3.8) is 0 Å². The Morgan fingerprint density at radius 1 is 0.976 bits per heavy atom. The first-order valence-corrected chi connectivity index (χ1v) is 12.8. The molecule has 0 aliphatic carbocycles. The summed E-state index contributed by atoms with van der Waals surface area (Å²) in [6.07, 6.45) is 1.19. The van der Waals surface area contributed by atoms with Gasteiger partial charge in [-0.15, -0.1) is 0 Å². The van der Waals surface area contributed by atoms with Crippen molar-refractivity contribution in [2.75, 3.05) is 7.11 Å². The van der Waals surface area contributed by atoms with E-state index in [-0.39, 0.29) is 25.0 Å². The SMILES string of the molecule is C.COc1cccc([C@@H](Oc2ccc3c(cnn3-c3ccc(F)cc3)c2)[C@H](C)NC(=O)c2nc3ccccc3[nH]2)c1. The fourth-order valence-electron chi connectivity index (χ4n) is 4.71. The Balaban J connectivity index is 0.00000337. The molecule has 0 aliphatic rings. The third-order valence-electron chi connectivity index (χ3n) is 6.71. The highest BCUT2D eigenvalue weighted by molar-refractivity contribution is 5.94. The summed E-state index contributed by atoms with van der Waals surface area (Å²) in [4.78, 5) is 20.6. The van der Waals surface area contributed by atoms with Crippen molar-refractivity contribution in [3.8, 4) is 17.2 Å². The van der Waals surface area contributed by atoms with Gasteiger partial charge in [-0.3, -0.25) is 4.79 Å². The van der Waals surface area contributed by atoms with E-state index in [0.29, 0.717) is 11.5 Å². The van der Waals surface area contributed by atoms with E-state index in [9.17, 15) is 9.18 Å². The van der Waals surface area contributed by atoms with Crippen molar-refractivity contribution >= 4 is 27.8 Å². The minimum absolute atomic E-state index is 0. The smallest absolute Gasteiger partial charge is 0.287 e. The topological polar surface area (TPSA) is 94.1 Å². The van der Waals surface area contributed by atoms with Gasteiger partial charge in [-0.05, 0) is 79.2 Å². The normalized spacial score (nSPS) is 12.5. The van der Waals surface area contributed by atoms with Crippen molar-refractivity contribution in [2.24, 2.45) is 0 Å². The van der Waals surface area contributed by atoms with Gasteiger partial charge in [0, 0.05) is 5.39 Å². The molecule has 0 unspecified atom stereocenters. The largest absolute Gasteiger partial charge is 0.497 e. The molecule has 2 N–H and O–H groups in total. The number of carbonyl (C=O) groups is 1. The summed E-state index contributed by atoms with van der Waals surface area (Å²) in [5, 5.41) is 8.36. The standard InChI is InChI=1S/C31H26FN5O3.CH4/c1-19(34-31(38)30-35-26-8-3-4-9-27(26)36-30)29(20-6-5-7-24(16-20)39-2)40-25-14-15-28-21(17-25)18-33-37(28)23-12-10-22(32)11-13-23;/h3-19,29H,1-2H3,(H,34,38)(H,35,36);1H4/t19-,29-;/m0./s1. The number of nitrogens with one attached hydrogen (secondary N) is 2. The molecule has 2 heterocycles. The number of carbonyl (C=O) groups excluding carboxylic acids is 1. The van der Waals surface area contributed by atoms with Crippen LogP contribution in [0.1, 0.15) is 36.6 Å². The highest BCUT2D eigenvalue weighted by Gasteiger charge is 2.25. The zero-order valence-corrected chi connectivity index (χ0v) is 21.8. The number of hydrogen-bond donors (Lipinski definition) is 2. The second-order valence-electron chi connectivity index (χ2n) is 9.43. The molecule has 0 bridgehead atoms. The number of para-hydroxylation sites is 2. The number of halogens is 1. The molecule has 2 aromatic heterocycles. The first-order chi connectivity index (χ1) is 19.5. The zero-order chi connectivity index (χ0) is 27.6. The van der Waals surface area contributed by atoms with E-state index in [4.69, 9.17) is 9.47 Å². The highest BCUT2D eigenvalue weighted by Crippen LogP contribution is 2.30. The number of benzene rings is 4. The third kappa shape index (κ3) is 5.60. The predicted molar refractivity (Wildman–Crippen MR) is 157 cm³/mol. The predicted octanol–water partition coefficient (Wildman–Crippen LogP) is 6.62. The van der Waals surface area contributed by atoms with Crippen LogP contribution in [0.4, 0.5) is 4.39 Å². The summed E-state index contributed by atoms with van der Waals surface area (Å²) < 4.78 is 27.1. The third-order valence-corrected chi connectivity index (χ3v) is 6.71. The Morgan fingerprint density at radius 3 is 2.56 bits per heavy atom. The summed E-state index contributed by atoms with van der Waals surface area (Å²) >= 11 is 0. The average Bonchev–Trinajstić information content (AvgIpc) is 3.61. The van der Waals surface area contributed by atoms with Crippen LogP contribution in [-0.4, -0.2) is 38.8 Å². The highest BCUT2D eigenvalue weighted by atomic mass is 19.1. The van der Waals surface area contributed by atoms with E-state index < -0.39 is 12.1 Å². The number of imidazole rings is 1. The zero-order valence-electron chi connectivity index (χ0n) is 21.8. The Bertz CT molecular complexity index is 1780. The van der Waals surface area contributed by atoms with Crippen LogP contribution in [0.3, 0.4) is 0 Å². The lowest BCUT2D eigenvalue weighted by molar-refractivity contribution is 0.0873. The maximum Gasteiger partial charge on any atom is 0.287 e. The number of ether oxygens (including phenoxy) is 2. The summed E-state index contributed by atoms with van der Waals surface area (Å²) in [6.45, 7) is 1.88. The van der Waals surface area contributed by atoms with E-state index in [2.05, 4.69) is 20.4 Å². The lowest BCUT2D eigenvalue weighted by atomic mass is 10.0. The number of aromatic amines is 1. The van der Waals surface area contributed by atoms with Gasteiger partial charge in [-0.2, -0.15) is 5.10 Å². The fourth-order valence-corrected chi connectivity index (χ4v) is 4.71. The molecule has 1 amide bonds. The molecule has 9 heteroatoms. The van der Waals surface area contributed by atoms with E-state index in [1.54, 1.807) is 30.1 Å². The number of amides is 1. The maximum absolute atomic E-state index is 13.4. The van der Waals surface area contributed by atoms with Crippen LogP contribution in [0, 0.1) is 5.82 Å². The molecule has 0 spiro atoms. The molecular weight excluding hydrogens is 521 g/mol. The molecule has 0 fully saturated rings. The Hall–Kier alpha value is -5.18. The fraction of sp³-hybridized carbons (Fsp3) is 0.156. The number of methoxy groups -OCH3 is 1. The second-order valence-corrected chi connectivity index (χ2v) is 9.43. The number of rotatable bonds is 8. The van der Waals surface area contributed by atoms with E-state index in [1.807, 2.05) is 73.7 Å². The molecule has 4 aromatic carbocycles. The number of hydrogen-bond acceptors (Lipinski definition) is 5. The molecule has 0 saturated carbocycles. The molecule has 2 atom stereocenters. The summed E-state index contributed by atoms with van der Waals surface area (Å²) in [5.74, 6) is 0.867. The van der Waals surface area contributed by atoms with Gasteiger partial charge >= 0.3 is 0 Å². The van der Waals surface area contributed by atoms with Crippen molar-refractivity contribution in [2.45, 2.75) is 26.5 Å². The van der Waals surface area contributed by atoms with Crippen LogP contribution in [0.25, 0.3) is 27.6 Å². The van der Waals surface area contributed by atoms with Crippen LogP contribution in [0.5, 0.6) is 11.5 Å². The van der Waals surface area contributed by atoms with Crippen molar-refractivity contribution < 1.29 is 18.7 Å². The van der Waals surface area contributed by atoms with Crippen molar-refractivity contribution in [1.29, 1.82) is 0 Å². The lowest BCUT2D eigenvalue weighted by Crippen LogP contribution is -2.39. The Labute approximate surface area is 236 Å². The molecule has 6 rings (SSSR count). The number of aromatic nitrogens is 4. The van der Waals surface area contributed by atoms with Gasteiger partial charge in [0.25, 0.3) is 5.91 Å². The maximum atomic E-state index is 13.4. The number of H-pyrrole nitrogens is 1. The molecule has 0 aliphatic heterocycles. The minimum atomic E-state index is -0.548. The summed E-state index contributed by atoms with van der Waals surface area (Å²) in [5.41, 5.74) is 3.94. The quantitative estimate of drug-likeness (QED) is 0.222. The summed E-state index contributed by atoms with van der Waals surface area (Å²) in [7, 11) is 1.61. The van der Waals surface area contributed by atoms with Gasteiger partial charge in [-0.25, -0.2) is 14.1 Å². The first-order valence-electron chi connectivity index (χ1n) is 12.8. The van der Waals surface area contributed by atoms with Gasteiger partial charge < -0.3 is 19.8 Å². The monoisotopic (exact) mass is 551 g/mol. The van der Waals surface area contributed by atoms with Crippen molar-refractivity contribution in [3.05, 3.63) is 114 Å². The van der Waals surface area contributed by atoms with Gasteiger partial charge in [0.05, 0.1) is 41.6 Å². The van der Waals surface area contributed by atoms with E-state index >= 15 is 0 Å². The van der Waals surface area contributed by atoms with Crippen LogP contribution in [0.2, 0.25) is 0 Å². The van der Waals surface area contributed by atoms with Crippen LogP contribution < -0.4 is 14.8 Å². The van der Waals surface area contributed by atoms with E-state index in [0.717, 1.165) is 33.2 Å². The first kappa shape index (κ1) is 27.4. The molecule has 0 radical (unpaired) electrons. The Kier molecular flexibility index (Phi) is 7.69. The van der Waals surface area contributed by atoms with Crippen LogP contribution in [0.15, 0.2) is 97.2 Å². The molecule has 41 heavy (non-hydrogen) atoms. The van der Waals surface area contributed by atoms with Gasteiger partial charge in [0.1, 0.15) is 23.4 Å². The summed E-state index contributed by atoms with van der Waals surface area (Å²) in [6, 6.07) is 26.4. The van der Waals surface area contributed by atoms with Crippen LogP contribution in [-0.2, 0) is 0 Å². The Morgan fingerprint density at radius 2 is 1.78 bits per heavy atom. The minimum Gasteiger partial charge on any atom is -0.497 e. The van der Waals surface area contributed by atoms with Gasteiger partial charge in [-0.1, -0.05) is 31.7 Å². The lowest BCUT2D eigenvalue weighted by Gasteiger charge is -2.26. The van der Waals surface area contributed by atoms with Gasteiger partial charge in [0.2, 0.25) is 0 Å². The number of fused-ring (bicyclic) bond motifs is 2. The second kappa shape index (κ2) is 11.5. The van der Waals surface area contributed by atoms with Crippen molar-refractivity contribution in [1.82, 2.24) is 25.1 Å². The number of nitrogens with zero attached hydrogens (tertiary/aromatic N) is 3. The average molecular weight is 552 g/mol. The van der Waals surface area contributed by atoms with Crippen LogP contribution >= 0.6 is 0 Å². The van der Waals surface area contributed by atoms with E-state index in [1.165, 1.54) is 12.1 Å². The molecular formula is C32H30FN5O3. The molecule has 6 aromatic rings. The molecule has 0 saturated heterocycles. The van der Waals surface area contributed by atoms with Gasteiger partial charge in [0.15, 0.2) is 5.82 Å².